The minimum atomic E-state index is -0.0274. The Labute approximate surface area is 141 Å². The van der Waals surface area contributed by atoms with Crippen molar-refractivity contribution in [2.45, 2.75) is 33.7 Å². The van der Waals surface area contributed by atoms with Gasteiger partial charge < -0.3 is 14.9 Å². The van der Waals surface area contributed by atoms with Gasteiger partial charge >= 0.3 is 0 Å². The lowest BCUT2D eigenvalue weighted by atomic mass is 10.0. The molecular weight excluding hydrogens is 300 g/mol. The molecule has 0 atom stereocenters. The van der Waals surface area contributed by atoms with E-state index in [4.69, 9.17) is 0 Å². The first-order chi connectivity index (χ1) is 11.5. The molecule has 0 saturated heterocycles. The molecule has 0 bridgehead atoms. The Hall–Kier alpha value is -2.56. The normalized spacial score (nSPS) is 11.4. The van der Waals surface area contributed by atoms with Crippen LogP contribution < -0.4 is 10.9 Å². The number of H-pyrrole nitrogens is 1. The minimum absolute atomic E-state index is 0.0274. The van der Waals surface area contributed by atoms with Crippen molar-refractivity contribution in [2.24, 2.45) is 5.92 Å². The Balaban J connectivity index is 2.01. The first kappa shape index (κ1) is 16.3. The maximum absolute atomic E-state index is 12.5. The number of pyridine rings is 1. The van der Waals surface area contributed by atoms with E-state index in [1.165, 1.54) is 5.56 Å². The Bertz CT molecular complexity index is 921. The van der Waals surface area contributed by atoms with E-state index in [-0.39, 0.29) is 5.56 Å². The van der Waals surface area contributed by atoms with Gasteiger partial charge in [0, 0.05) is 12.7 Å². The summed E-state index contributed by atoms with van der Waals surface area (Å²) in [6.45, 7) is 6.80. The van der Waals surface area contributed by atoms with E-state index < -0.39 is 0 Å². The number of hydrogen-bond acceptors (Lipinski definition) is 3. The highest BCUT2D eigenvalue weighted by Crippen LogP contribution is 2.20. The number of aryl methyl sites for hydroxylation is 1. The topological polar surface area (TPSA) is 62.7 Å². The number of anilines is 1. The zero-order valence-corrected chi connectivity index (χ0v) is 14.7. The highest BCUT2D eigenvalue weighted by molar-refractivity contribution is 5.78. The third-order valence-corrected chi connectivity index (χ3v) is 4.25. The van der Waals surface area contributed by atoms with Crippen LogP contribution in [0.3, 0.4) is 0 Å². The van der Waals surface area contributed by atoms with Crippen LogP contribution in [0.15, 0.2) is 35.1 Å². The number of hydrogen-bond donors (Lipinski definition) is 2. The number of imidazole rings is 1. The molecule has 5 nitrogen and oxygen atoms in total. The summed E-state index contributed by atoms with van der Waals surface area (Å²) >= 11 is 0. The van der Waals surface area contributed by atoms with Gasteiger partial charge in [-0.1, -0.05) is 26.0 Å². The van der Waals surface area contributed by atoms with Crippen LogP contribution in [0.4, 0.5) is 5.69 Å². The molecule has 0 fully saturated rings. The average Bonchev–Trinajstić information content (AvgIpc) is 2.95. The van der Waals surface area contributed by atoms with E-state index in [0.29, 0.717) is 18.2 Å². The molecule has 2 aromatic heterocycles. The lowest BCUT2D eigenvalue weighted by Gasteiger charge is -2.10. The Morgan fingerprint density at radius 1 is 1.25 bits per heavy atom. The lowest BCUT2D eigenvalue weighted by Crippen LogP contribution is -2.25. The van der Waals surface area contributed by atoms with Gasteiger partial charge in [0.05, 0.1) is 17.6 Å². The van der Waals surface area contributed by atoms with Gasteiger partial charge in [0.2, 0.25) is 0 Å². The van der Waals surface area contributed by atoms with Crippen molar-refractivity contribution in [2.75, 3.05) is 12.4 Å². The van der Waals surface area contributed by atoms with Crippen molar-refractivity contribution in [3.8, 4) is 0 Å². The summed E-state index contributed by atoms with van der Waals surface area (Å²) in [7, 11) is 1.76. The molecular formula is C19H24N4O. The minimum Gasteiger partial charge on any atom is -0.384 e. The SMILES string of the molecule is CNc1ccc(C)n(Cc2nc3cccc(CC(C)C)c3[nH]2)c1=O. The molecule has 0 aliphatic carbocycles. The molecule has 0 saturated carbocycles. The zero-order chi connectivity index (χ0) is 17.3. The second kappa shape index (κ2) is 6.51. The smallest absolute Gasteiger partial charge is 0.274 e. The molecule has 2 heterocycles. The van der Waals surface area contributed by atoms with E-state index in [1.54, 1.807) is 11.6 Å². The van der Waals surface area contributed by atoms with Gasteiger partial charge in [-0.15, -0.1) is 0 Å². The van der Waals surface area contributed by atoms with Crippen LogP contribution in [0.25, 0.3) is 11.0 Å². The van der Waals surface area contributed by atoms with E-state index in [1.807, 2.05) is 31.2 Å². The summed E-state index contributed by atoms with van der Waals surface area (Å²) in [6.07, 6.45) is 1.01. The summed E-state index contributed by atoms with van der Waals surface area (Å²) in [5.74, 6) is 1.39. The number of aromatic nitrogens is 3. The molecule has 0 spiro atoms. The van der Waals surface area contributed by atoms with Crippen LogP contribution in [0.5, 0.6) is 0 Å². The van der Waals surface area contributed by atoms with Crippen molar-refractivity contribution >= 4 is 16.7 Å². The van der Waals surface area contributed by atoms with Gasteiger partial charge in [0.25, 0.3) is 5.56 Å². The van der Waals surface area contributed by atoms with Gasteiger partial charge in [0.1, 0.15) is 11.5 Å². The Morgan fingerprint density at radius 2 is 2.04 bits per heavy atom. The number of benzene rings is 1. The summed E-state index contributed by atoms with van der Waals surface area (Å²) in [5, 5.41) is 2.94. The van der Waals surface area contributed by atoms with Gasteiger partial charge in [-0.2, -0.15) is 0 Å². The molecule has 1 aromatic carbocycles. The van der Waals surface area contributed by atoms with E-state index in [9.17, 15) is 4.79 Å². The van der Waals surface area contributed by atoms with E-state index in [0.717, 1.165) is 29.0 Å². The third kappa shape index (κ3) is 3.07. The zero-order valence-electron chi connectivity index (χ0n) is 14.7. The molecule has 2 N–H and O–H groups in total. The summed E-state index contributed by atoms with van der Waals surface area (Å²) in [4.78, 5) is 20.6. The van der Waals surface area contributed by atoms with E-state index >= 15 is 0 Å². The Morgan fingerprint density at radius 3 is 2.75 bits per heavy atom. The summed E-state index contributed by atoms with van der Waals surface area (Å²) in [6, 6.07) is 9.96. The first-order valence-corrected chi connectivity index (χ1v) is 8.34. The fourth-order valence-corrected chi connectivity index (χ4v) is 3.03. The van der Waals surface area contributed by atoms with Crippen LogP contribution in [-0.4, -0.2) is 21.6 Å². The molecule has 3 rings (SSSR count). The first-order valence-electron chi connectivity index (χ1n) is 8.34. The van der Waals surface area contributed by atoms with Crippen LogP contribution in [0, 0.1) is 12.8 Å². The molecule has 126 valence electrons. The number of rotatable bonds is 5. The van der Waals surface area contributed by atoms with Crippen molar-refractivity contribution in [1.29, 1.82) is 0 Å². The predicted molar refractivity (Wildman–Crippen MR) is 98.7 cm³/mol. The van der Waals surface area contributed by atoms with Crippen molar-refractivity contribution < 1.29 is 0 Å². The van der Waals surface area contributed by atoms with Crippen LogP contribution in [0.2, 0.25) is 0 Å². The van der Waals surface area contributed by atoms with Crippen molar-refractivity contribution in [1.82, 2.24) is 14.5 Å². The monoisotopic (exact) mass is 324 g/mol. The van der Waals surface area contributed by atoms with Crippen molar-refractivity contribution in [3.05, 3.63) is 57.8 Å². The molecule has 0 aliphatic heterocycles. The number of para-hydroxylation sites is 1. The highest BCUT2D eigenvalue weighted by atomic mass is 16.1. The number of aromatic amines is 1. The van der Waals surface area contributed by atoms with Crippen LogP contribution in [-0.2, 0) is 13.0 Å². The Kier molecular flexibility index (Phi) is 4.42. The third-order valence-electron chi connectivity index (χ3n) is 4.25. The molecule has 0 amide bonds. The number of fused-ring (bicyclic) bond motifs is 1. The molecule has 0 aliphatic rings. The standard InChI is InChI=1S/C19H24N4O/c1-12(2)10-14-6-5-7-15-18(14)22-17(21-15)11-23-13(3)8-9-16(20-4)19(23)24/h5-9,12,20H,10-11H2,1-4H3,(H,21,22). The fraction of sp³-hybridized carbons (Fsp3) is 0.368. The van der Waals surface area contributed by atoms with Gasteiger partial charge in [-0.3, -0.25) is 4.79 Å². The molecule has 0 radical (unpaired) electrons. The second-order valence-corrected chi connectivity index (χ2v) is 6.62. The number of nitrogens with zero attached hydrogens (tertiary/aromatic N) is 2. The van der Waals surface area contributed by atoms with Crippen LogP contribution >= 0.6 is 0 Å². The second-order valence-electron chi connectivity index (χ2n) is 6.62. The van der Waals surface area contributed by atoms with Crippen LogP contribution in [0.1, 0.15) is 30.9 Å². The maximum Gasteiger partial charge on any atom is 0.274 e. The fourth-order valence-electron chi connectivity index (χ4n) is 3.03. The van der Waals surface area contributed by atoms with Gasteiger partial charge in [-0.05, 0) is 43.0 Å². The lowest BCUT2D eigenvalue weighted by molar-refractivity contribution is 0.649. The number of nitrogens with one attached hydrogen (secondary N) is 2. The van der Waals surface area contributed by atoms with Gasteiger partial charge in [0.15, 0.2) is 0 Å². The summed E-state index contributed by atoms with van der Waals surface area (Å²) in [5.41, 5.74) is 4.80. The van der Waals surface area contributed by atoms with Crippen molar-refractivity contribution in [3.63, 3.8) is 0 Å². The quantitative estimate of drug-likeness (QED) is 0.757. The average molecular weight is 324 g/mol. The molecule has 0 unspecified atom stereocenters. The van der Waals surface area contributed by atoms with E-state index in [2.05, 4.69) is 35.2 Å². The summed E-state index contributed by atoms with van der Waals surface area (Å²) < 4.78 is 1.74. The largest absolute Gasteiger partial charge is 0.384 e. The highest BCUT2D eigenvalue weighted by Gasteiger charge is 2.11. The maximum atomic E-state index is 12.5. The molecule has 5 heteroatoms. The van der Waals surface area contributed by atoms with Gasteiger partial charge in [-0.25, -0.2) is 4.98 Å². The predicted octanol–water partition coefficient (Wildman–Crippen LogP) is 3.32. The molecule has 24 heavy (non-hydrogen) atoms. The molecule has 3 aromatic rings.